The van der Waals surface area contributed by atoms with E-state index in [1.54, 1.807) is 0 Å². The van der Waals surface area contributed by atoms with E-state index >= 15 is 0 Å². The van der Waals surface area contributed by atoms with Gasteiger partial charge in [-0.15, -0.1) is 4.90 Å². The van der Waals surface area contributed by atoms with E-state index < -0.39 is 51.9 Å². The third-order valence-corrected chi connectivity index (χ3v) is 6.23. The van der Waals surface area contributed by atoms with Crippen LogP contribution in [0.4, 0.5) is 0 Å². The van der Waals surface area contributed by atoms with Gasteiger partial charge in [0.15, 0.2) is 0 Å². The van der Waals surface area contributed by atoms with Gasteiger partial charge in [-0.3, -0.25) is 0 Å². The molecule has 1 fully saturated rings. The molecule has 0 saturated heterocycles. The summed E-state index contributed by atoms with van der Waals surface area (Å²) in [6, 6.07) is 1.47. The lowest BCUT2D eigenvalue weighted by Gasteiger charge is -2.61. The highest BCUT2D eigenvalue weighted by molar-refractivity contribution is 6.30. The summed E-state index contributed by atoms with van der Waals surface area (Å²) in [6.45, 7) is 0. The Labute approximate surface area is 194 Å². The zero-order valence-electron chi connectivity index (χ0n) is 17.0. The molecule has 15 N–H and O–H groups in total. The Morgan fingerprint density at radius 3 is 1.32 bits per heavy atom. The predicted octanol–water partition coefficient (Wildman–Crippen LogP) is -6.72. The molecule has 0 amide bonds. The fourth-order valence-corrected chi connectivity index (χ4v) is 4.46. The number of hydrogen-bond donors (Lipinski definition) is 15. The summed E-state index contributed by atoms with van der Waals surface area (Å²) in [5.41, 5.74) is -7.47. The highest BCUT2D eigenvalue weighted by Gasteiger charge is 2.80. The molecule has 0 spiro atoms. The van der Waals surface area contributed by atoms with Crippen LogP contribution in [0.3, 0.4) is 0 Å². The zero-order chi connectivity index (χ0) is 26.8. The molecule has 1 aromatic rings. The van der Waals surface area contributed by atoms with Gasteiger partial charge in [0.05, 0.1) is 6.04 Å². The first-order valence-corrected chi connectivity index (χ1v) is 9.73. The van der Waals surface area contributed by atoms with E-state index in [-0.39, 0.29) is 29.8 Å². The topological polar surface area (TPSA) is 307 Å². The first kappa shape index (κ1) is 29.1. The SMILES string of the molecule is OC(O)(O)N(C(C1(c2ccc(Cl)cc2)CCC1)C(O)(O)C(O)(C(O)(O)O)C(O)(O)O)C(O)(O)O. The molecule has 1 atom stereocenters. The maximum absolute atomic E-state index is 10.9. The molecule has 1 aliphatic rings. The third-order valence-electron chi connectivity index (χ3n) is 5.98. The van der Waals surface area contributed by atoms with Crippen LogP contribution in [-0.4, -0.2) is 123 Å². The lowest BCUT2D eigenvalue weighted by atomic mass is 9.55. The van der Waals surface area contributed by atoms with Gasteiger partial charge in [-0.05, 0) is 30.5 Å². The van der Waals surface area contributed by atoms with E-state index in [1.165, 1.54) is 12.1 Å². The second-order valence-corrected chi connectivity index (χ2v) is 8.63. The fourth-order valence-electron chi connectivity index (χ4n) is 4.34. The standard InChI is InChI=1S/C17H26ClNO15/c18-9-4-2-8(3-5-9)11(6-1-7-11)10(19(16(29,30)31)17(32,33)34)12(20,21)13(22,14(23,24)25)15(26,27)28/h2-5,10,20-34H,1,6-7H2. The Balaban J connectivity index is 3.00. The average Bonchev–Trinajstić information content (AvgIpc) is 2.56. The Morgan fingerprint density at radius 1 is 0.676 bits per heavy atom. The van der Waals surface area contributed by atoms with Crippen molar-refractivity contribution >= 4 is 11.6 Å². The van der Waals surface area contributed by atoms with Gasteiger partial charge in [0, 0.05) is 10.4 Å². The molecule has 196 valence electrons. The van der Waals surface area contributed by atoms with Crippen molar-refractivity contribution in [2.45, 2.75) is 66.2 Å². The summed E-state index contributed by atoms with van der Waals surface area (Å²) in [5, 5.41) is 148. The van der Waals surface area contributed by atoms with Crippen LogP contribution >= 0.6 is 11.6 Å². The fraction of sp³-hybridized carbons (Fsp3) is 0.647. The highest BCUT2D eigenvalue weighted by Crippen LogP contribution is 2.55. The number of nitrogens with zero attached hydrogens (tertiary/aromatic N) is 1. The van der Waals surface area contributed by atoms with Crippen molar-refractivity contribution in [3.8, 4) is 0 Å². The lowest BCUT2D eigenvalue weighted by Crippen LogP contribution is -2.87. The van der Waals surface area contributed by atoms with E-state index in [0.717, 1.165) is 12.1 Å². The van der Waals surface area contributed by atoms with Crippen molar-refractivity contribution in [1.82, 2.24) is 4.90 Å². The van der Waals surface area contributed by atoms with E-state index in [2.05, 4.69) is 0 Å². The summed E-state index contributed by atoms with van der Waals surface area (Å²) in [4.78, 5) is -1.10. The van der Waals surface area contributed by atoms with Gasteiger partial charge in [0.2, 0.25) is 5.79 Å². The maximum Gasteiger partial charge on any atom is 0.352 e. The number of halogens is 1. The number of hydrogen-bond acceptors (Lipinski definition) is 16. The molecule has 0 radical (unpaired) electrons. The molecule has 1 aliphatic carbocycles. The van der Waals surface area contributed by atoms with Gasteiger partial charge < -0.3 is 76.6 Å². The minimum Gasteiger partial charge on any atom is -0.371 e. The van der Waals surface area contributed by atoms with E-state index in [0.29, 0.717) is 0 Å². The van der Waals surface area contributed by atoms with Crippen molar-refractivity contribution in [2.24, 2.45) is 0 Å². The molecular formula is C17H26ClNO15. The summed E-state index contributed by atoms with van der Waals surface area (Å²) < 4.78 is 0. The third kappa shape index (κ3) is 4.54. The number of rotatable bonds is 9. The van der Waals surface area contributed by atoms with Gasteiger partial charge >= 0.3 is 24.1 Å². The van der Waals surface area contributed by atoms with Gasteiger partial charge in [-0.25, -0.2) is 0 Å². The zero-order valence-corrected chi connectivity index (χ0v) is 17.8. The second-order valence-electron chi connectivity index (χ2n) is 8.20. The van der Waals surface area contributed by atoms with Crippen molar-refractivity contribution in [3.05, 3.63) is 34.9 Å². The molecule has 0 heterocycles. The van der Waals surface area contributed by atoms with Crippen LogP contribution in [0.5, 0.6) is 0 Å². The van der Waals surface area contributed by atoms with Crippen molar-refractivity contribution in [1.29, 1.82) is 0 Å². The normalized spacial score (nSPS) is 19.2. The monoisotopic (exact) mass is 519 g/mol. The quantitative estimate of drug-likeness (QED) is 0.135. The molecular weight excluding hydrogens is 494 g/mol. The average molecular weight is 520 g/mol. The maximum atomic E-state index is 10.9. The van der Waals surface area contributed by atoms with Gasteiger partial charge in [-0.2, -0.15) is 0 Å². The van der Waals surface area contributed by atoms with Crippen LogP contribution in [0.15, 0.2) is 24.3 Å². The Kier molecular flexibility index (Phi) is 7.25. The van der Waals surface area contributed by atoms with Crippen LogP contribution in [0.25, 0.3) is 0 Å². The van der Waals surface area contributed by atoms with Crippen LogP contribution < -0.4 is 0 Å². The predicted molar refractivity (Wildman–Crippen MR) is 102 cm³/mol. The van der Waals surface area contributed by atoms with Crippen molar-refractivity contribution in [2.75, 3.05) is 0 Å². The Morgan fingerprint density at radius 2 is 1.06 bits per heavy atom. The van der Waals surface area contributed by atoms with Crippen molar-refractivity contribution < 1.29 is 76.6 Å². The molecule has 0 aromatic heterocycles. The first-order valence-electron chi connectivity index (χ1n) is 9.35. The molecule has 1 unspecified atom stereocenters. The summed E-state index contributed by atoms with van der Waals surface area (Å²) >= 11 is 5.80. The van der Waals surface area contributed by atoms with Gasteiger partial charge in [-0.1, -0.05) is 30.2 Å². The van der Waals surface area contributed by atoms with Crippen LogP contribution in [0.2, 0.25) is 5.02 Å². The largest absolute Gasteiger partial charge is 0.371 e. The number of benzene rings is 1. The summed E-state index contributed by atoms with van der Waals surface area (Å²) in [5.74, 6) is -15.0. The smallest absolute Gasteiger partial charge is 0.352 e. The molecule has 16 nitrogen and oxygen atoms in total. The Bertz CT molecular complexity index is 833. The van der Waals surface area contributed by atoms with Gasteiger partial charge in [0.1, 0.15) is 0 Å². The molecule has 1 aromatic carbocycles. The van der Waals surface area contributed by atoms with E-state index in [9.17, 15) is 76.6 Å². The van der Waals surface area contributed by atoms with E-state index in [1.807, 2.05) is 0 Å². The molecule has 34 heavy (non-hydrogen) atoms. The minimum atomic E-state index is -5.17. The van der Waals surface area contributed by atoms with Crippen LogP contribution in [-0.2, 0) is 5.41 Å². The van der Waals surface area contributed by atoms with Crippen LogP contribution in [0, 0.1) is 0 Å². The number of aliphatic hydroxyl groups is 15. The van der Waals surface area contributed by atoms with E-state index in [4.69, 9.17) is 11.6 Å². The minimum absolute atomic E-state index is 0.115. The molecule has 17 heteroatoms. The molecule has 1 saturated carbocycles. The van der Waals surface area contributed by atoms with Crippen LogP contribution in [0.1, 0.15) is 24.8 Å². The van der Waals surface area contributed by atoms with Gasteiger partial charge in [0.25, 0.3) is 5.60 Å². The Hall–Kier alpha value is -1.13. The second kappa shape index (κ2) is 8.47. The lowest BCUT2D eigenvalue weighted by molar-refractivity contribution is -0.574. The molecule has 2 rings (SSSR count). The summed E-state index contributed by atoms with van der Waals surface area (Å²) in [6.07, 6.45) is -9.89. The highest BCUT2D eigenvalue weighted by atomic mass is 35.5. The first-order chi connectivity index (χ1) is 14.9. The summed E-state index contributed by atoms with van der Waals surface area (Å²) in [7, 11) is 0. The molecule has 0 aliphatic heterocycles. The van der Waals surface area contributed by atoms with Crippen molar-refractivity contribution in [3.63, 3.8) is 0 Å². The molecule has 0 bridgehead atoms.